The molecule has 0 bridgehead atoms. The number of para-hydroxylation sites is 1. The number of benzene rings is 1. The molecule has 0 unspecified atom stereocenters. The molecule has 11 nitrogen and oxygen atoms in total. The molecule has 188 valence electrons. The number of unbranched alkanes of at least 4 members (excludes halogenated alkanes) is 1. The first-order valence-electron chi connectivity index (χ1n) is 11.8. The van der Waals surface area contributed by atoms with Crippen molar-refractivity contribution in [2.24, 2.45) is 21.7 Å². The number of carbonyl (C=O) groups excluding carboxylic acids is 2. The van der Waals surface area contributed by atoms with Gasteiger partial charge < -0.3 is 27.3 Å². The predicted octanol–water partition coefficient (Wildman–Crippen LogP) is 2.86. The minimum atomic E-state index is -0.656. The van der Waals surface area contributed by atoms with Crippen LogP contribution in [0.5, 0.6) is 5.75 Å². The SMILES string of the molecule is CN1CCCC[C@H]1C(=O)Oc1ccccc1/N=N/c1ccc(NC(=O)[C@@H](N)CCCCN)nc1N. The normalized spacial score (nSPS) is 17.3. The maximum atomic E-state index is 12.7. The van der Waals surface area contributed by atoms with E-state index in [1.54, 1.807) is 36.4 Å². The lowest BCUT2D eigenvalue weighted by Gasteiger charge is -2.30. The Labute approximate surface area is 205 Å². The van der Waals surface area contributed by atoms with Crippen molar-refractivity contribution in [2.45, 2.75) is 50.6 Å². The van der Waals surface area contributed by atoms with Gasteiger partial charge in [0.25, 0.3) is 0 Å². The summed E-state index contributed by atoms with van der Waals surface area (Å²) in [7, 11) is 1.92. The summed E-state index contributed by atoms with van der Waals surface area (Å²) < 4.78 is 5.65. The van der Waals surface area contributed by atoms with Crippen LogP contribution in [0.4, 0.5) is 23.0 Å². The topological polar surface area (TPSA) is 174 Å². The number of nitrogen functional groups attached to an aromatic ring is 1. The second kappa shape index (κ2) is 12.9. The number of likely N-dealkylation sites (N-methyl/N-ethyl adjacent to an activating group) is 1. The van der Waals surface area contributed by atoms with Gasteiger partial charge in [-0.15, -0.1) is 10.2 Å². The smallest absolute Gasteiger partial charge is 0.328 e. The number of anilines is 2. The molecule has 1 aliphatic rings. The number of amides is 1. The quantitative estimate of drug-likeness (QED) is 0.173. The molecule has 1 aromatic heterocycles. The number of nitrogens with one attached hydrogen (secondary N) is 1. The Morgan fingerprint density at radius 3 is 2.69 bits per heavy atom. The van der Waals surface area contributed by atoms with Gasteiger partial charge in [-0.25, -0.2) is 9.78 Å². The summed E-state index contributed by atoms with van der Waals surface area (Å²) in [5.74, 6) is 0.0208. The zero-order valence-electron chi connectivity index (χ0n) is 20.0. The van der Waals surface area contributed by atoms with Crippen LogP contribution < -0.4 is 27.3 Å². The summed E-state index contributed by atoms with van der Waals surface area (Å²) in [6.07, 6.45) is 4.95. The number of piperidine rings is 1. The van der Waals surface area contributed by atoms with E-state index < -0.39 is 6.04 Å². The van der Waals surface area contributed by atoms with Crippen molar-refractivity contribution in [2.75, 3.05) is 31.2 Å². The molecule has 2 atom stereocenters. The number of carbonyl (C=O) groups is 2. The fraction of sp³-hybridized carbons (Fsp3) is 0.458. The van der Waals surface area contributed by atoms with Crippen LogP contribution in [0.2, 0.25) is 0 Å². The van der Waals surface area contributed by atoms with Crippen molar-refractivity contribution in [3.05, 3.63) is 36.4 Å². The number of hydrogen-bond acceptors (Lipinski definition) is 10. The molecule has 1 fully saturated rings. The van der Waals surface area contributed by atoms with Gasteiger partial charge in [-0.05, 0) is 70.1 Å². The number of esters is 1. The van der Waals surface area contributed by atoms with E-state index in [2.05, 4.69) is 20.5 Å². The number of nitrogens with two attached hydrogens (primary N) is 3. The molecule has 1 aromatic carbocycles. The largest absolute Gasteiger partial charge is 0.423 e. The Hall–Kier alpha value is -3.41. The third kappa shape index (κ3) is 7.54. The van der Waals surface area contributed by atoms with Crippen molar-refractivity contribution < 1.29 is 14.3 Å². The van der Waals surface area contributed by atoms with Crippen molar-refractivity contribution >= 4 is 34.9 Å². The third-order valence-corrected chi connectivity index (χ3v) is 5.84. The molecule has 7 N–H and O–H groups in total. The molecule has 0 saturated carbocycles. The maximum absolute atomic E-state index is 12.7. The second-order valence-corrected chi connectivity index (χ2v) is 8.56. The van der Waals surface area contributed by atoms with Crippen LogP contribution in [0.25, 0.3) is 0 Å². The Bertz CT molecular complexity index is 1050. The molecule has 2 heterocycles. The van der Waals surface area contributed by atoms with Crippen LogP contribution in [-0.2, 0) is 9.59 Å². The minimum Gasteiger partial charge on any atom is -0.423 e. The lowest BCUT2D eigenvalue weighted by atomic mass is 10.0. The van der Waals surface area contributed by atoms with E-state index >= 15 is 0 Å². The summed E-state index contributed by atoms with van der Waals surface area (Å²) in [5, 5.41) is 11.0. The van der Waals surface area contributed by atoms with Crippen LogP contribution in [0.3, 0.4) is 0 Å². The molecule has 0 spiro atoms. The molecule has 2 aromatic rings. The van der Waals surface area contributed by atoms with E-state index in [9.17, 15) is 9.59 Å². The Kier molecular flexibility index (Phi) is 9.65. The number of aromatic nitrogens is 1. The summed E-state index contributed by atoms with van der Waals surface area (Å²) in [4.78, 5) is 31.1. The van der Waals surface area contributed by atoms with Crippen LogP contribution in [-0.4, -0.2) is 54.0 Å². The lowest BCUT2D eigenvalue weighted by molar-refractivity contribution is -0.141. The van der Waals surface area contributed by atoms with E-state index in [1.165, 1.54) is 0 Å². The first-order chi connectivity index (χ1) is 16.9. The van der Waals surface area contributed by atoms with Gasteiger partial charge >= 0.3 is 5.97 Å². The molecule has 1 saturated heterocycles. The van der Waals surface area contributed by atoms with Crippen molar-refractivity contribution in [1.29, 1.82) is 0 Å². The molecule has 1 aliphatic heterocycles. The first-order valence-corrected chi connectivity index (χ1v) is 11.8. The Morgan fingerprint density at radius 1 is 1.17 bits per heavy atom. The second-order valence-electron chi connectivity index (χ2n) is 8.56. The van der Waals surface area contributed by atoms with Gasteiger partial charge in [0.15, 0.2) is 11.6 Å². The van der Waals surface area contributed by atoms with Gasteiger partial charge in [0.1, 0.15) is 23.2 Å². The Balaban J connectivity index is 1.65. The van der Waals surface area contributed by atoms with E-state index in [0.717, 1.165) is 38.6 Å². The highest BCUT2D eigenvalue weighted by molar-refractivity contribution is 5.94. The maximum Gasteiger partial charge on any atom is 0.328 e. The van der Waals surface area contributed by atoms with Crippen LogP contribution in [0, 0.1) is 0 Å². The van der Waals surface area contributed by atoms with Crippen LogP contribution in [0.1, 0.15) is 38.5 Å². The number of rotatable bonds is 10. The van der Waals surface area contributed by atoms with E-state index in [1.807, 2.05) is 11.9 Å². The zero-order valence-corrected chi connectivity index (χ0v) is 20.0. The first kappa shape index (κ1) is 26.2. The fourth-order valence-corrected chi connectivity index (χ4v) is 3.76. The molecule has 0 radical (unpaired) electrons. The van der Waals surface area contributed by atoms with Gasteiger partial charge in [0.2, 0.25) is 5.91 Å². The fourth-order valence-electron chi connectivity index (χ4n) is 3.76. The van der Waals surface area contributed by atoms with Crippen molar-refractivity contribution in [1.82, 2.24) is 9.88 Å². The van der Waals surface area contributed by atoms with Crippen LogP contribution >= 0.6 is 0 Å². The highest BCUT2D eigenvalue weighted by Gasteiger charge is 2.28. The summed E-state index contributed by atoms with van der Waals surface area (Å²) >= 11 is 0. The number of hydrogen-bond donors (Lipinski definition) is 4. The van der Waals surface area contributed by atoms with Crippen LogP contribution in [0.15, 0.2) is 46.6 Å². The molecular weight excluding hydrogens is 448 g/mol. The summed E-state index contributed by atoms with van der Waals surface area (Å²) in [6.45, 7) is 1.43. The third-order valence-electron chi connectivity index (χ3n) is 5.84. The monoisotopic (exact) mass is 482 g/mol. The van der Waals surface area contributed by atoms with E-state index in [-0.39, 0.29) is 29.6 Å². The van der Waals surface area contributed by atoms with Crippen molar-refractivity contribution in [3.63, 3.8) is 0 Å². The number of likely N-dealkylation sites (tertiary alicyclic amines) is 1. The van der Waals surface area contributed by atoms with E-state index in [4.69, 9.17) is 21.9 Å². The molecule has 35 heavy (non-hydrogen) atoms. The molecule has 11 heteroatoms. The summed E-state index contributed by atoms with van der Waals surface area (Å²) in [5.41, 5.74) is 18.1. The zero-order chi connectivity index (χ0) is 25.2. The number of pyridine rings is 1. The number of azo groups is 1. The molecule has 3 rings (SSSR count). The molecule has 0 aliphatic carbocycles. The standard InChI is InChI=1S/C24H34N8O3/c1-32-15-7-5-10-19(32)24(34)35-20-11-3-2-9-17(20)30-31-18-12-13-21(28-22(18)27)29-23(33)16(26)8-4-6-14-25/h2-3,9,11-13,16,19H,4-8,10,14-15,25-26H2,1H3,(H3,27,28,29,33)/b31-30+/t16-,19-/m0/s1. The highest BCUT2D eigenvalue weighted by atomic mass is 16.5. The van der Waals surface area contributed by atoms with E-state index in [0.29, 0.717) is 30.1 Å². The highest BCUT2D eigenvalue weighted by Crippen LogP contribution is 2.31. The van der Waals surface area contributed by atoms with Gasteiger partial charge in [-0.3, -0.25) is 9.69 Å². The molecule has 1 amide bonds. The predicted molar refractivity (Wildman–Crippen MR) is 135 cm³/mol. The Morgan fingerprint density at radius 2 is 1.94 bits per heavy atom. The molecular formula is C24H34N8O3. The average Bonchev–Trinajstić information content (AvgIpc) is 2.84. The van der Waals surface area contributed by atoms with Gasteiger partial charge in [-0.2, -0.15) is 0 Å². The van der Waals surface area contributed by atoms with Gasteiger partial charge in [0, 0.05) is 0 Å². The minimum absolute atomic E-state index is 0.0848. The van der Waals surface area contributed by atoms with Gasteiger partial charge in [0.05, 0.1) is 6.04 Å². The number of ether oxygens (including phenoxy) is 1. The average molecular weight is 483 g/mol. The summed E-state index contributed by atoms with van der Waals surface area (Å²) in [6, 6.07) is 9.14. The lowest BCUT2D eigenvalue weighted by Crippen LogP contribution is -2.44. The number of nitrogens with zero attached hydrogens (tertiary/aromatic N) is 4. The van der Waals surface area contributed by atoms with Crippen molar-refractivity contribution in [3.8, 4) is 5.75 Å². The van der Waals surface area contributed by atoms with Gasteiger partial charge in [-0.1, -0.05) is 25.0 Å².